The molecule has 1 aromatic rings. The Labute approximate surface area is 147 Å². The first-order valence-electron chi connectivity index (χ1n) is 8.24. The molecule has 1 aromatic carbocycles. The van der Waals surface area contributed by atoms with Crippen molar-refractivity contribution >= 4 is 27.5 Å². The lowest BCUT2D eigenvalue weighted by Crippen LogP contribution is -2.45. The minimum atomic E-state index is -0.751. The zero-order valence-electron chi connectivity index (χ0n) is 12.6. The molecule has 0 aromatic heterocycles. The van der Waals surface area contributed by atoms with Crippen LogP contribution in [0.15, 0.2) is 58.6 Å². The lowest BCUT2D eigenvalue weighted by Gasteiger charge is -2.44. The SMILES string of the molecule is O=C1C=C2C(Br)=CC(=O)[C@]23C=C[C@H]1[C@@H]1[C@H]3[C@@H]2O[C@H]1c1ccccc12. The highest BCUT2D eigenvalue weighted by Crippen LogP contribution is 2.70. The second-order valence-electron chi connectivity index (χ2n) is 7.28. The molecule has 0 amide bonds. The summed E-state index contributed by atoms with van der Waals surface area (Å²) in [5, 5.41) is 0. The van der Waals surface area contributed by atoms with Crippen LogP contribution < -0.4 is 0 Å². The molecule has 6 atom stereocenters. The maximum Gasteiger partial charge on any atom is 0.171 e. The maximum atomic E-state index is 13.0. The van der Waals surface area contributed by atoms with Crippen LogP contribution in [0.1, 0.15) is 23.3 Å². The Morgan fingerprint density at radius 3 is 2.58 bits per heavy atom. The van der Waals surface area contributed by atoms with Crippen molar-refractivity contribution in [1.82, 2.24) is 0 Å². The summed E-state index contributed by atoms with van der Waals surface area (Å²) in [7, 11) is 0. The number of allylic oxidation sites excluding steroid dienone is 6. The summed E-state index contributed by atoms with van der Waals surface area (Å²) in [6, 6.07) is 8.24. The predicted octanol–water partition coefficient (Wildman–Crippen LogP) is 3.59. The van der Waals surface area contributed by atoms with E-state index in [0.29, 0.717) is 0 Å². The van der Waals surface area contributed by atoms with Gasteiger partial charge in [-0.1, -0.05) is 52.3 Å². The van der Waals surface area contributed by atoms with E-state index in [-0.39, 0.29) is 41.5 Å². The standard InChI is InChI=1S/C20H13BrO3/c21-13-8-15(23)20-6-5-11(14(22)7-12(13)20)16-17(20)19-10-4-2-1-3-9(10)18(16)24-19/h1-8,11,16-19H/t11-,16-,17+,18+,19-,20+/m1/s1. The molecule has 4 heteroatoms. The Balaban J connectivity index is 1.66. The number of carbonyl (C=O) groups is 2. The van der Waals surface area contributed by atoms with Crippen LogP contribution in [-0.2, 0) is 14.3 Å². The Bertz CT molecular complexity index is 940. The molecule has 0 saturated carbocycles. The average molecular weight is 381 g/mol. The van der Waals surface area contributed by atoms with Crippen LogP contribution in [0, 0.1) is 23.2 Å². The van der Waals surface area contributed by atoms with Gasteiger partial charge in [0, 0.05) is 22.2 Å². The van der Waals surface area contributed by atoms with Gasteiger partial charge < -0.3 is 4.74 Å². The van der Waals surface area contributed by atoms with E-state index in [1.165, 1.54) is 11.1 Å². The largest absolute Gasteiger partial charge is 0.365 e. The van der Waals surface area contributed by atoms with Gasteiger partial charge in [0.1, 0.15) is 0 Å². The lowest BCUT2D eigenvalue weighted by molar-refractivity contribution is -0.125. The third-order valence-corrected chi connectivity index (χ3v) is 7.14. The molecule has 0 unspecified atom stereocenters. The van der Waals surface area contributed by atoms with E-state index in [1.54, 1.807) is 12.2 Å². The smallest absolute Gasteiger partial charge is 0.171 e. The van der Waals surface area contributed by atoms with E-state index in [9.17, 15) is 9.59 Å². The first-order valence-corrected chi connectivity index (χ1v) is 9.04. The van der Waals surface area contributed by atoms with Crippen LogP contribution in [-0.4, -0.2) is 11.6 Å². The fourth-order valence-corrected chi connectivity index (χ4v) is 6.27. The van der Waals surface area contributed by atoms with Crippen molar-refractivity contribution in [3.8, 4) is 0 Å². The minimum absolute atomic E-state index is 0.0103. The number of halogens is 1. The number of hydrogen-bond donors (Lipinski definition) is 0. The van der Waals surface area contributed by atoms with Gasteiger partial charge in [0.05, 0.1) is 17.6 Å². The molecule has 4 bridgehead atoms. The number of ketones is 2. The Kier molecular flexibility index (Phi) is 2.29. The summed E-state index contributed by atoms with van der Waals surface area (Å²) < 4.78 is 7.09. The topological polar surface area (TPSA) is 43.4 Å². The number of ether oxygens (including phenoxy) is 1. The summed E-state index contributed by atoms with van der Waals surface area (Å²) in [6.45, 7) is 0. The van der Waals surface area contributed by atoms with Crippen LogP contribution in [0.25, 0.3) is 0 Å². The minimum Gasteiger partial charge on any atom is -0.365 e. The molecule has 3 nitrogen and oxygen atoms in total. The van der Waals surface area contributed by atoms with E-state index in [2.05, 4.69) is 28.1 Å². The molecule has 7 rings (SSSR count). The van der Waals surface area contributed by atoms with Gasteiger partial charge in [-0.15, -0.1) is 0 Å². The van der Waals surface area contributed by atoms with Gasteiger partial charge in [0.15, 0.2) is 11.6 Å². The van der Waals surface area contributed by atoms with E-state index in [4.69, 9.17) is 4.74 Å². The number of rotatable bonds is 0. The van der Waals surface area contributed by atoms with Crippen molar-refractivity contribution < 1.29 is 14.3 Å². The Morgan fingerprint density at radius 1 is 1.04 bits per heavy atom. The van der Waals surface area contributed by atoms with Crippen molar-refractivity contribution in [1.29, 1.82) is 0 Å². The molecule has 1 fully saturated rings. The monoisotopic (exact) mass is 380 g/mol. The van der Waals surface area contributed by atoms with Gasteiger partial charge in [0.25, 0.3) is 0 Å². The highest BCUT2D eigenvalue weighted by molar-refractivity contribution is 9.12. The molecular weight excluding hydrogens is 368 g/mol. The zero-order chi connectivity index (χ0) is 16.2. The second kappa shape index (κ2) is 4.06. The summed E-state index contributed by atoms with van der Waals surface area (Å²) >= 11 is 3.50. The van der Waals surface area contributed by atoms with Gasteiger partial charge in [-0.25, -0.2) is 0 Å². The number of fused-ring (bicyclic) bond motifs is 6. The highest BCUT2D eigenvalue weighted by Gasteiger charge is 2.68. The van der Waals surface area contributed by atoms with E-state index < -0.39 is 5.41 Å². The van der Waals surface area contributed by atoms with Crippen LogP contribution in [0.5, 0.6) is 0 Å². The molecular formula is C20H13BrO3. The molecule has 1 spiro atoms. The Hall–Kier alpha value is -1.78. The molecule has 2 heterocycles. The molecule has 6 aliphatic rings. The highest BCUT2D eigenvalue weighted by atomic mass is 79.9. The van der Waals surface area contributed by atoms with Crippen LogP contribution in [0.3, 0.4) is 0 Å². The van der Waals surface area contributed by atoms with E-state index in [0.717, 1.165) is 10.1 Å². The Morgan fingerprint density at radius 2 is 1.79 bits per heavy atom. The summed E-state index contributed by atoms with van der Waals surface area (Å²) in [4.78, 5) is 25.9. The van der Waals surface area contributed by atoms with Crippen molar-refractivity contribution in [2.24, 2.45) is 23.2 Å². The molecule has 1 saturated heterocycles. The third-order valence-electron chi connectivity index (χ3n) is 6.48. The molecule has 0 N–H and O–H groups in total. The predicted molar refractivity (Wildman–Crippen MR) is 90.2 cm³/mol. The molecule has 0 radical (unpaired) electrons. The average Bonchev–Trinajstić information content (AvgIpc) is 3.16. The van der Waals surface area contributed by atoms with Gasteiger partial charge >= 0.3 is 0 Å². The van der Waals surface area contributed by atoms with Crippen molar-refractivity contribution in [3.05, 3.63) is 69.8 Å². The van der Waals surface area contributed by atoms with Crippen molar-refractivity contribution in [3.63, 3.8) is 0 Å². The fraction of sp³-hybridized carbons (Fsp3) is 0.300. The molecule has 118 valence electrons. The van der Waals surface area contributed by atoms with Crippen molar-refractivity contribution in [2.45, 2.75) is 12.2 Å². The molecule has 24 heavy (non-hydrogen) atoms. The second-order valence-corrected chi connectivity index (χ2v) is 8.13. The summed E-state index contributed by atoms with van der Waals surface area (Å²) in [5.74, 6) is -0.0241. The summed E-state index contributed by atoms with van der Waals surface area (Å²) in [5.41, 5.74) is 2.44. The molecule has 2 aliphatic heterocycles. The van der Waals surface area contributed by atoms with E-state index in [1.807, 2.05) is 24.3 Å². The van der Waals surface area contributed by atoms with Crippen molar-refractivity contribution in [2.75, 3.05) is 0 Å². The van der Waals surface area contributed by atoms with E-state index >= 15 is 0 Å². The number of carbonyl (C=O) groups excluding carboxylic acids is 2. The number of hydrogen-bond acceptors (Lipinski definition) is 3. The fourth-order valence-electron chi connectivity index (χ4n) is 5.62. The maximum absolute atomic E-state index is 13.0. The van der Waals surface area contributed by atoms with Crippen LogP contribution in [0.2, 0.25) is 0 Å². The first kappa shape index (κ1) is 13.5. The lowest BCUT2D eigenvalue weighted by atomic mass is 9.55. The first-order chi connectivity index (χ1) is 11.6. The van der Waals surface area contributed by atoms with Crippen LogP contribution in [0.4, 0.5) is 0 Å². The van der Waals surface area contributed by atoms with Gasteiger partial charge in [-0.05, 0) is 28.9 Å². The summed E-state index contributed by atoms with van der Waals surface area (Å²) in [6.07, 6.45) is 7.05. The molecule has 4 aliphatic carbocycles. The van der Waals surface area contributed by atoms with Gasteiger partial charge in [-0.3, -0.25) is 9.59 Å². The van der Waals surface area contributed by atoms with Crippen LogP contribution >= 0.6 is 15.9 Å². The third kappa shape index (κ3) is 1.25. The number of benzene rings is 1. The van der Waals surface area contributed by atoms with Gasteiger partial charge in [0.2, 0.25) is 0 Å². The normalized spacial score (nSPS) is 43.3. The van der Waals surface area contributed by atoms with Gasteiger partial charge in [-0.2, -0.15) is 0 Å². The zero-order valence-corrected chi connectivity index (χ0v) is 14.2. The quantitative estimate of drug-likeness (QED) is 0.646.